The van der Waals surface area contributed by atoms with Gasteiger partial charge in [-0.3, -0.25) is 0 Å². The molecule has 0 aliphatic rings. The number of aromatic nitrogens is 4. The number of aryl methyl sites for hydroxylation is 1. The Balaban J connectivity index is 1.78. The molecule has 2 aromatic heterocycles. The topological polar surface area (TPSA) is 75.3 Å². The molecule has 9 heteroatoms. The Labute approximate surface area is 135 Å². The maximum Gasteiger partial charge on any atom is 0.416 e. The lowest BCUT2D eigenvalue weighted by molar-refractivity contribution is -0.137. The molecule has 0 bridgehead atoms. The number of halogens is 3. The Morgan fingerprint density at radius 3 is 2.83 bits per heavy atom. The summed E-state index contributed by atoms with van der Waals surface area (Å²) >= 11 is 0. The number of fused-ring (bicyclic) bond motifs is 1. The quantitative estimate of drug-likeness (QED) is 0.765. The number of alkyl halides is 3. The maximum absolute atomic E-state index is 12.7. The van der Waals surface area contributed by atoms with Crippen LogP contribution < -0.4 is 5.32 Å². The van der Waals surface area contributed by atoms with E-state index in [4.69, 9.17) is 0 Å². The van der Waals surface area contributed by atoms with Crippen molar-refractivity contribution in [3.8, 4) is 0 Å². The number of aliphatic hydroxyl groups excluding tert-OH is 1. The van der Waals surface area contributed by atoms with E-state index in [-0.39, 0.29) is 12.1 Å². The van der Waals surface area contributed by atoms with Crippen molar-refractivity contribution >= 4 is 11.6 Å². The fraction of sp³-hybridized carbons (Fsp3) is 0.267. The molecule has 24 heavy (non-hydrogen) atoms. The van der Waals surface area contributed by atoms with Gasteiger partial charge in [-0.15, -0.1) is 0 Å². The van der Waals surface area contributed by atoms with Gasteiger partial charge in [0.15, 0.2) is 0 Å². The molecule has 1 aromatic carbocycles. The zero-order chi connectivity index (χ0) is 17.3. The minimum Gasteiger partial charge on any atom is -0.387 e. The molecule has 0 aliphatic heterocycles. The maximum atomic E-state index is 12.7. The number of rotatable bonds is 4. The van der Waals surface area contributed by atoms with Gasteiger partial charge in [0.25, 0.3) is 5.78 Å². The van der Waals surface area contributed by atoms with Gasteiger partial charge in [0, 0.05) is 18.3 Å². The monoisotopic (exact) mass is 337 g/mol. The van der Waals surface area contributed by atoms with Crippen LogP contribution in [0, 0.1) is 6.92 Å². The van der Waals surface area contributed by atoms with Gasteiger partial charge in [-0.25, -0.2) is 4.98 Å². The van der Waals surface area contributed by atoms with Crippen molar-refractivity contribution < 1.29 is 18.3 Å². The summed E-state index contributed by atoms with van der Waals surface area (Å²) in [6.07, 6.45) is -4.21. The molecular formula is C15H14F3N5O. The lowest BCUT2D eigenvalue weighted by atomic mass is 10.1. The molecule has 0 saturated heterocycles. The zero-order valence-corrected chi connectivity index (χ0v) is 12.6. The van der Waals surface area contributed by atoms with Gasteiger partial charge in [0.05, 0.1) is 11.7 Å². The Hall–Kier alpha value is -2.68. The van der Waals surface area contributed by atoms with Crippen molar-refractivity contribution in [2.45, 2.75) is 19.2 Å². The molecule has 3 aromatic rings. The van der Waals surface area contributed by atoms with E-state index in [1.807, 2.05) is 0 Å². The molecule has 2 heterocycles. The van der Waals surface area contributed by atoms with E-state index < -0.39 is 17.8 Å². The first-order chi connectivity index (χ1) is 11.3. The first-order valence-electron chi connectivity index (χ1n) is 7.11. The Bertz CT molecular complexity index is 862. The van der Waals surface area contributed by atoms with Crippen LogP contribution in [0.4, 0.5) is 19.0 Å². The van der Waals surface area contributed by atoms with Gasteiger partial charge in [-0.05, 0) is 24.6 Å². The van der Waals surface area contributed by atoms with Crippen LogP contribution in [-0.4, -0.2) is 31.2 Å². The Morgan fingerprint density at radius 1 is 1.29 bits per heavy atom. The number of nitrogens with one attached hydrogen (secondary N) is 1. The van der Waals surface area contributed by atoms with E-state index in [1.165, 1.54) is 23.0 Å². The molecule has 0 fully saturated rings. The highest BCUT2D eigenvalue weighted by Gasteiger charge is 2.30. The lowest BCUT2D eigenvalue weighted by Gasteiger charge is -2.15. The number of hydrogen-bond donors (Lipinski definition) is 2. The van der Waals surface area contributed by atoms with Gasteiger partial charge >= 0.3 is 6.18 Å². The summed E-state index contributed by atoms with van der Waals surface area (Å²) < 4.78 is 39.7. The molecule has 126 valence electrons. The largest absolute Gasteiger partial charge is 0.416 e. The molecule has 0 amide bonds. The lowest BCUT2D eigenvalue weighted by Crippen LogP contribution is -2.16. The first-order valence-corrected chi connectivity index (χ1v) is 7.11. The van der Waals surface area contributed by atoms with Crippen LogP contribution in [0.25, 0.3) is 5.78 Å². The zero-order valence-electron chi connectivity index (χ0n) is 12.6. The third-order valence-electron chi connectivity index (χ3n) is 3.46. The van der Waals surface area contributed by atoms with Gasteiger partial charge in [-0.2, -0.15) is 27.8 Å². The highest BCUT2D eigenvalue weighted by atomic mass is 19.4. The van der Waals surface area contributed by atoms with Crippen molar-refractivity contribution in [1.29, 1.82) is 0 Å². The van der Waals surface area contributed by atoms with Crippen LogP contribution in [0.15, 0.2) is 36.7 Å². The average Bonchev–Trinajstić information content (AvgIpc) is 2.99. The van der Waals surface area contributed by atoms with Crippen molar-refractivity contribution in [3.63, 3.8) is 0 Å². The highest BCUT2D eigenvalue weighted by molar-refractivity contribution is 5.45. The number of benzene rings is 1. The third kappa shape index (κ3) is 3.30. The van der Waals surface area contributed by atoms with E-state index in [0.717, 1.165) is 12.1 Å². The number of aliphatic hydroxyl groups is 1. The smallest absolute Gasteiger partial charge is 0.387 e. The second-order valence-electron chi connectivity index (χ2n) is 5.27. The summed E-state index contributed by atoms with van der Waals surface area (Å²) in [5.74, 6) is 0.937. The van der Waals surface area contributed by atoms with Gasteiger partial charge in [0.2, 0.25) is 0 Å². The van der Waals surface area contributed by atoms with E-state index >= 15 is 0 Å². The van der Waals surface area contributed by atoms with Crippen molar-refractivity contribution in [1.82, 2.24) is 19.6 Å². The minimum absolute atomic E-state index is 0.0136. The fourth-order valence-electron chi connectivity index (χ4n) is 2.30. The molecule has 2 N–H and O–H groups in total. The number of anilines is 1. The van der Waals surface area contributed by atoms with Crippen molar-refractivity contribution in [2.75, 3.05) is 11.9 Å². The van der Waals surface area contributed by atoms with Gasteiger partial charge in [0.1, 0.15) is 12.1 Å². The van der Waals surface area contributed by atoms with E-state index in [1.54, 1.807) is 13.0 Å². The summed E-state index contributed by atoms with van der Waals surface area (Å²) in [4.78, 5) is 8.16. The Kier molecular flexibility index (Phi) is 4.10. The van der Waals surface area contributed by atoms with Crippen LogP contribution in [0.5, 0.6) is 0 Å². The molecule has 0 aliphatic carbocycles. The fourth-order valence-corrected chi connectivity index (χ4v) is 2.30. The predicted molar refractivity (Wildman–Crippen MR) is 80.4 cm³/mol. The van der Waals surface area contributed by atoms with E-state index in [9.17, 15) is 18.3 Å². The summed E-state index contributed by atoms with van der Waals surface area (Å²) in [6.45, 7) is 1.79. The van der Waals surface area contributed by atoms with Crippen molar-refractivity contribution in [2.24, 2.45) is 0 Å². The summed E-state index contributed by atoms with van der Waals surface area (Å²) in [5.41, 5.74) is 0.0852. The molecule has 0 saturated carbocycles. The highest BCUT2D eigenvalue weighted by Crippen LogP contribution is 2.30. The average molecular weight is 337 g/mol. The van der Waals surface area contributed by atoms with Gasteiger partial charge < -0.3 is 10.4 Å². The number of nitrogens with zero attached hydrogens (tertiary/aromatic N) is 4. The summed E-state index contributed by atoms with van der Waals surface area (Å²) in [6, 6.07) is 6.34. The second-order valence-corrected chi connectivity index (χ2v) is 5.27. The van der Waals surface area contributed by atoms with E-state index in [2.05, 4.69) is 20.4 Å². The summed E-state index contributed by atoms with van der Waals surface area (Å²) in [5, 5.41) is 17.1. The normalized spacial score (nSPS) is 13.2. The number of hydrogen-bond acceptors (Lipinski definition) is 5. The van der Waals surface area contributed by atoms with Crippen LogP contribution >= 0.6 is 0 Å². The predicted octanol–water partition coefficient (Wildman–Crippen LogP) is 2.60. The van der Waals surface area contributed by atoms with Gasteiger partial charge in [-0.1, -0.05) is 12.1 Å². The second kappa shape index (κ2) is 6.08. The molecular weight excluding hydrogens is 323 g/mol. The molecule has 1 atom stereocenters. The van der Waals surface area contributed by atoms with Crippen LogP contribution in [-0.2, 0) is 6.18 Å². The summed E-state index contributed by atoms with van der Waals surface area (Å²) in [7, 11) is 0. The van der Waals surface area contributed by atoms with Crippen LogP contribution in [0.2, 0.25) is 0 Å². The Morgan fingerprint density at radius 2 is 2.08 bits per heavy atom. The molecule has 6 nitrogen and oxygen atoms in total. The van der Waals surface area contributed by atoms with Crippen LogP contribution in [0.3, 0.4) is 0 Å². The standard InChI is InChI=1S/C15H14F3N5O/c1-9-5-13(23-14(22-9)20-8-21-23)19-7-12(24)10-3-2-4-11(6-10)15(16,17)18/h2-6,8,12,19,24H,7H2,1H3/t12-/m0/s1. The first kappa shape index (κ1) is 16.2. The molecule has 0 unspecified atom stereocenters. The SMILES string of the molecule is Cc1cc(NC[C@H](O)c2cccc(C(F)(F)F)c2)n2ncnc2n1. The van der Waals surface area contributed by atoms with Crippen LogP contribution in [0.1, 0.15) is 22.9 Å². The molecule has 0 radical (unpaired) electrons. The third-order valence-corrected chi connectivity index (χ3v) is 3.46. The van der Waals surface area contributed by atoms with Crippen molar-refractivity contribution in [3.05, 3.63) is 53.5 Å². The molecule has 0 spiro atoms. The van der Waals surface area contributed by atoms with E-state index in [0.29, 0.717) is 17.3 Å². The molecule has 3 rings (SSSR count). The minimum atomic E-state index is -4.45.